The summed E-state index contributed by atoms with van der Waals surface area (Å²) in [5.74, 6) is 5.77. The molecule has 0 aliphatic heterocycles. The van der Waals surface area contributed by atoms with Crippen LogP contribution >= 0.6 is 0 Å². The van der Waals surface area contributed by atoms with Crippen LogP contribution in [0, 0.1) is 28.9 Å². The van der Waals surface area contributed by atoms with E-state index >= 15 is 0 Å². The molecule has 0 atom stereocenters. The van der Waals surface area contributed by atoms with E-state index in [-0.39, 0.29) is 11.6 Å². The van der Waals surface area contributed by atoms with Gasteiger partial charge >= 0.3 is 0 Å². The predicted molar refractivity (Wildman–Crippen MR) is 68.1 cm³/mol. The fraction of sp³-hybridized carbons (Fsp3) is 0.0833. The highest BCUT2D eigenvalue weighted by Crippen LogP contribution is 2.13. The first-order chi connectivity index (χ1) is 9.06. The van der Waals surface area contributed by atoms with Gasteiger partial charge in [-0.3, -0.25) is 15.1 Å². The fourth-order valence-corrected chi connectivity index (χ4v) is 1.29. The topological polar surface area (TPSA) is 108 Å². The van der Waals surface area contributed by atoms with E-state index in [0.717, 1.165) is 0 Å². The summed E-state index contributed by atoms with van der Waals surface area (Å²) in [6.45, 7) is 1.73. The van der Waals surface area contributed by atoms with E-state index in [1.165, 1.54) is 24.7 Å². The Hall–Kier alpha value is -3.01. The van der Waals surface area contributed by atoms with E-state index in [9.17, 15) is 10.1 Å². The molecular weight excluding hydrogens is 246 g/mol. The van der Waals surface area contributed by atoms with Gasteiger partial charge in [-0.1, -0.05) is 11.8 Å². The SMILES string of the molecule is Cc1ncc([N+](=O)[O-])cc1C#Cc1cnc(N)nc1. The number of nitrogens with two attached hydrogens (primary N) is 1. The van der Waals surface area contributed by atoms with Gasteiger partial charge in [0, 0.05) is 18.5 Å². The van der Waals surface area contributed by atoms with Gasteiger partial charge in [-0.05, 0) is 6.92 Å². The Kier molecular flexibility index (Phi) is 3.34. The number of nitrogen functional groups attached to an aromatic ring is 1. The first kappa shape index (κ1) is 12.4. The standard InChI is InChI=1S/C12H9N5O2/c1-8-10(4-11(7-14-8)17(18)19)3-2-9-5-15-12(13)16-6-9/h4-7H,1H3,(H2,13,15,16). The van der Waals surface area contributed by atoms with Crippen LogP contribution in [0.3, 0.4) is 0 Å². The van der Waals surface area contributed by atoms with Crippen molar-refractivity contribution in [2.75, 3.05) is 5.73 Å². The van der Waals surface area contributed by atoms with Gasteiger partial charge in [0.2, 0.25) is 5.95 Å². The zero-order valence-electron chi connectivity index (χ0n) is 9.99. The molecule has 0 bridgehead atoms. The van der Waals surface area contributed by atoms with Crippen LogP contribution in [-0.2, 0) is 0 Å². The molecule has 0 fully saturated rings. The lowest BCUT2D eigenvalue weighted by molar-refractivity contribution is -0.385. The molecule has 19 heavy (non-hydrogen) atoms. The maximum Gasteiger partial charge on any atom is 0.288 e. The molecule has 0 spiro atoms. The van der Waals surface area contributed by atoms with Crippen LogP contribution in [0.25, 0.3) is 0 Å². The Bertz CT molecular complexity index is 686. The predicted octanol–water partition coefficient (Wildman–Crippen LogP) is 1.07. The van der Waals surface area contributed by atoms with Crippen molar-refractivity contribution >= 4 is 11.6 Å². The lowest BCUT2D eigenvalue weighted by atomic mass is 10.2. The average Bonchev–Trinajstić information content (AvgIpc) is 2.39. The number of pyridine rings is 1. The first-order valence-electron chi connectivity index (χ1n) is 5.27. The number of rotatable bonds is 1. The molecule has 0 aliphatic carbocycles. The third-order valence-corrected chi connectivity index (χ3v) is 2.30. The zero-order valence-corrected chi connectivity index (χ0v) is 9.99. The Morgan fingerprint density at radius 3 is 2.53 bits per heavy atom. The minimum absolute atomic E-state index is 0.0940. The third kappa shape index (κ3) is 3.01. The monoisotopic (exact) mass is 255 g/mol. The van der Waals surface area contributed by atoms with E-state index in [4.69, 9.17) is 5.73 Å². The van der Waals surface area contributed by atoms with Crippen molar-refractivity contribution in [2.45, 2.75) is 6.92 Å². The molecule has 0 saturated carbocycles. The maximum atomic E-state index is 10.7. The van der Waals surface area contributed by atoms with Gasteiger partial charge in [-0.25, -0.2) is 9.97 Å². The highest BCUT2D eigenvalue weighted by atomic mass is 16.6. The van der Waals surface area contributed by atoms with Gasteiger partial charge in [0.05, 0.1) is 21.7 Å². The second kappa shape index (κ2) is 5.10. The summed E-state index contributed by atoms with van der Waals surface area (Å²) in [6, 6.07) is 1.38. The van der Waals surface area contributed by atoms with Crippen LogP contribution in [0.4, 0.5) is 11.6 Å². The molecule has 0 unspecified atom stereocenters. The molecule has 2 heterocycles. The molecule has 7 heteroatoms. The quantitative estimate of drug-likeness (QED) is 0.464. The molecule has 2 aromatic heterocycles. The maximum absolute atomic E-state index is 10.7. The van der Waals surface area contributed by atoms with Crippen LogP contribution < -0.4 is 5.73 Å². The van der Waals surface area contributed by atoms with Crippen molar-refractivity contribution in [2.24, 2.45) is 0 Å². The van der Waals surface area contributed by atoms with Gasteiger partial charge in [-0.2, -0.15) is 0 Å². The molecule has 7 nitrogen and oxygen atoms in total. The number of aromatic nitrogens is 3. The summed E-state index contributed by atoms with van der Waals surface area (Å²) >= 11 is 0. The minimum atomic E-state index is -0.510. The molecule has 2 aromatic rings. The molecule has 94 valence electrons. The summed E-state index contributed by atoms with van der Waals surface area (Å²) in [5, 5.41) is 10.7. The van der Waals surface area contributed by atoms with Gasteiger partial charge in [0.25, 0.3) is 5.69 Å². The van der Waals surface area contributed by atoms with Crippen LogP contribution in [0.2, 0.25) is 0 Å². The van der Waals surface area contributed by atoms with Gasteiger partial charge in [0.1, 0.15) is 6.20 Å². The Labute approximate surface area is 108 Å². The average molecular weight is 255 g/mol. The number of aryl methyl sites for hydroxylation is 1. The molecule has 0 aromatic carbocycles. The summed E-state index contributed by atoms with van der Waals surface area (Å²) in [4.78, 5) is 21.7. The molecule has 0 aliphatic rings. The van der Waals surface area contributed by atoms with E-state index in [0.29, 0.717) is 16.8 Å². The lowest BCUT2D eigenvalue weighted by Crippen LogP contribution is -1.95. The van der Waals surface area contributed by atoms with Crippen molar-refractivity contribution in [1.29, 1.82) is 0 Å². The lowest BCUT2D eigenvalue weighted by Gasteiger charge is -1.96. The van der Waals surface area contributed by atoms with E-state index in [1.54, 1.807) is 6.92 Å². The second-order valence-corrected chi connectivity index (χ2v) is 3.66. The van der Waals surface area contributed by atoms with Crippen molar-refractivity contribution in [3.8, 4) is 11.8 Å². The van der Waals surface area contributed by atoms with E-state index in [2.05, 4.69) is 26.8 Å². The molecule has 2 rings (SSSR count). The van der Waals surface area contributed by atoms with Crippen LogP contribution in [-0.4, -0.2) is 19.9 Å². The first-order valence-corrected chi connectivity index (χ1v) is 5.27. The van der Waals surface area contributed by atoms with Crippen molar-refractivity contribution in [3.63, 3.8) is 0 Å². The summed E-state index contributed by atoms with van der Waals surface area (Å²) < 4.78 is 0. The van der Waals surface area contributed by atoms with Crippen molar-refractivity contribution < 1.29 is 4.92 Å². The summed E-state index contributed by atoms with van der Waals surface area (Å²) in [5.41, 5.74) is 6.94. The minimum Gasteiger partial charge on any atom is -0.368 e. The van der Waals surface area contributed by atoms with Crippen LogP contribution in [0.1, 0.15) is 16.8 Å². The number of nitro groups is 1. The smallest absolute Gasteiger partial charge is 0.288 e. The summed E-state index contributed by atoms with van der Waals surface area (Å²) in [6.07, 6.45) is 4.16. The zero-order chi connectivity index (χ0) is 13.8. The van der Waals surface area contributed by atoms with Crippen LogP contribution in [0.5, 0.6) is 0 Å². The fourth-order valence-electron chi connectivity index (χ4n) is 1.29. The Balaban J connectivity index is 2.36. The van der Waals surface area contributed by atoms with E-state index in [1.807, 2.05) is 0 Å². The Morgan fingerprint density at radius 2 is 1.89 bits per heavy atom. The highest BCUT2D eigenvalue weighted by Gasteiger charge is 2.08. The summed E-state index contributed by atoms with van der Waals surface area (Å²) in [7, 11) is 0. The molecular formula is C12H9N5O2. The number of hydrogen-bond donors (Lipinski definition) is 1. The molecule has 0 amide bonds. The molecule has 0 saturated heterocycles. The Morgan fingerprint density at radius 1 is 1.21 bits per heavy atom. The molecule has 0 radical (unpaired) electrons. The van der Waals surface area contributed by atoms with Crippen LogP contribution in [0.15, 0.2) is 24.7 Å². The van der Waals surface area contributed by atoms with Gasteiger partial charge in [0.15, 0.2) is 0 Å². The van der Waals surface area contributed by atoms with Crippen molar-refractivity contribution in [1.82, 2.24) is 15.0 Å². The van der Waals surface area contributed by atoms with Gasteiger partial charge in [-0.15, -0.1) is 0 Å². The third-order valence-electron chi connectivity index (χ3n) is 2.30. The van der Waals surface area contributed by atoms with E-state index < -0.39 is 4.92 Å². The number of hydrogen-bond acceptors (Lipinski definition) is 6. The van der Waals surface area contributed by atoms with Crippen molar-refractivity contribution in [3.05, 3.63) is 51.6 Å². The normalized spacial score (nSPS) is 9.53. The molecule has 2 N–H and O–H groups in total. The number of anilines is 1. The second-order valence-electron chi connectivity index (χ2n) is 3.66. The highest BCUT2D eigenvalue weighted by molar-refractivity contribution is 5.47. The van der Waals surface area contributed by atoms with Gasteiger partial charge < -0.3 is 5.73 Å². The largest absolute Gasteiger partial charge is 0.368 e. The number of nitrogens with zero attached hydrogens (tertiary/aromatic N) is 4.